The van der Waals surface area contributed by atoms with E-state index in [0.29, 0.717) is 12.8 Å². The van der Waals surface area contributed by atoms with Gasteiger partial charge in [-0.3, -0.25) is 9.59 Å². The number of esters is 2. The zero-order chi connectivity index (χ0) is 22.9. The van der Waals surface area contributed by atoms with Gasteiger partial charge < -0.3 is 9.47 Å². The maximum Gasteiger partial charge on any atom is 0.306 e. The van der Waals surface area contributed by atoms with Crippen molar-refractivity contribution in [1.82, 2.24) is 0 Å². The van der Waals surface area contributed by atoms with E-state index in [1.165, 1.54) is 0 Å². The largest absolute Gasteiger partial charge is 0.459 e. The van der Waals surface area contributed by atoms with E-state index in [1.807, 2.05) is 0 Å². The lowest BCUT2D eigenvalue weighted by molar-refractivity contribution is -0.160. The molecule has 2 unspecified atom stereocenters. The molecule has 0 aliphatic heterocycles. The average Bonchev–Trinajstić information content (AvgIpc) is 2.72. The summed E-state index contributed by atoms with van der Waals surface area (Å²) in [5.74, 6) is -0.111. The molecule has 0 fully saturated rings. The van der Waals surface area contributed by atoms with Crippen LogP contribution in [0.25, 0.3) is 0 Å². The fourth-order valence-corrected chi connectivity index (χ4v) is 3.60. The maximum atomic E-state index is 12.1. The van der Waals surface area contributed by atoms with Crippen LogP contribution in [-0.4, -0.2) is 23.1 Å². The number of ether oxygens (including phenoxy) is 2. The number of carbonyl (C=O) groups excluding carboxylic acids is 2. The number of rotatable bonds is 19. The molecule has 178 valence electrons. The van der Waals surface area contributed by atoms with Gasteiger partial charge in [-0.1, -0.05) is 66.2 Å². The normalized spacial score (nSPS) is 15.3. The minimum atomic E-state index is -0.300. The Kier molecular flexibility index (Phi) is 16.0. The Labute approximate surface area is 186 Å². The Morgan fingerprint density at radius 1 is 0.567 bits per heavy atom. The summed E-state index contributed by atoms with van der Waals surface area (Å²) in [4.78, 5) is 24.2. The molecule has 0 aromatic rings. The third kappa shape index (κ3) is 14.0. The van der Waals surface area contributed by atoms with Crippen LogP contribution in [0.3, 0.4) is 0 Å². The highest BCUT2D eigenvalue weighted by molar-refractivity contribution is 5.70. The summed E-state index contributed by atoms with van der Waals surface area (Å²) >= 11 is 0. The molecule has 0 aliphatic carbocycles. The van der Waals surface area contributed by atoms with Crippen molar-refractivity contribution < 1.29 is 19.1 Å². The van der Waals surface area contributed by atoms with Crippen molar-refractivity contribution in [3.63, 3.8) is 0 Å². The lowest BCUT2D eigenvalue weighted by atomic mass is 9.96. The zero-order valence-corrected chi connectivity index (χ0v) is 20.9. The molecule has 0 aromatic heterocycles. The Balaban J connectivity index is 3.82. The van der Waals surface area contributed by atoms with Gasteiger partial charge in [-0.25, -0.2) is 0 Å². The number of hydrogen-bond acceptors (Lipinski definition) is 4. The Hall–Kier alpha value is -1.06. The second-order valence-corrected chi connectivity index (χ2v) is 9.38. The molecule has 0 N–H and O–H groups in total. The summed E-state index contributed by atoms with van der Waals surface area (Å²) in [7, 11) is 0. The van der Waals surface area contributed by atoms with Gasteiger partial charge in [0, 0.05) is 12.8 Å². The molecule has 0 spiro atoms. The minimum Gasteiger partial charge on any atom is -0.459 e. The smallest absolute Gasteiger partial charge is 0.306 e. The first-order chi connectivity index (χ1) is 14.2. The van der Waals surface area contributed by atoms with Gasteiger partial charge >= 0.3 is 11.9 Å². The third-order valence-electron chi connectivity index (χ3n) is 6.35. The molecule has 0 heterocycles. The predicted octanol–water partition coefficient (Wildman–Crippen LogP) is 7.91. The quantitative estimate of drug-likeness (QED) is 0.155. The number of carbonyl (C=O) groups is 2. The predicted molar refractivity (Wildman–Crippen MR) is 126 cm³/mol. The van der Waals surface area contributed by atoms with Gasteiger partial charge in [0.15, 0.2) is 0 Å². The highest BCUT2D eigenvalue weighted by Gasteiger charge is 2.26. The molecule has 0 saturated heterocycles. The Morgan fingerprint density at radius 3 is 1.20 bits per heavy atom. The van der Waals surface area contributed by atoms with Gasteiger partial charge in [0.1, 0.15) is 11.2 Å². The lowest BCUT2D eigenvalue weighted by Gasteiger charge is -2.28. The molecule has 4 heteroatoms. The molecule has 0 radical (unpaired) electrons. The van der Waals surface area contributed by atoms with E-state index in [2.05, 4.69) is 41.5 Å². The van der Waals surface area contributed by atoms with Crippen molar-refractivity contribution in [2.24, 2.45) is 0 Å². The number of hydrogen-bond donors (Lipinski definition) is 0. The van der Waals surface area contributed by atoms with E-state index in [4.69, 9.17) is 9.47 Å². The zero-order valence-electron chi connectivity index (χ0n) is 20.9. The fourth-order valence-electron chi connectivity index (χ4n) is 3.60. The van der Waals surface area contributed by atoms with Crippen molar-refractivity contribution in [3.05, 3.63) is 0 Å². The van der Waals surface area contributed by atoms with Gasteiger partial charge in [0.2, 0.25) is 0 Å². The molecule has 0 saturated carbocycles. The summed E-state index contributed by atoms with van der Waals surface area (Å²) in [5.41, 5.74) is -0.599. The average molecular weight is 427 g/mol. The summed E-state index contributed by atoms with van der Waals surface area (Å²) in [6.07, 6.45) is 15.2. The van der Waals surface area contributed by atoms with Crippen LogP contribution >= 0.6 is 0 Å². The molecule has 0 bridgehead atoms. The SMILES string of the molecule is CCCCC(C)(CC)OC(=O)CCCCCCCCC(=O)OC(C)(CC)CCCC. The topological polar surface area (TPSA) is 52.6 Å². The fraction of sp³-hybridized carbons (Fsp3) is 0.923. The first-order valence-electron chi connectivity index (χ1n) is 12.7. The van der Waals surface area contributed by atoms with E-state index >= 15 is 0 Å². The molecule has 0 amide bonds. The van der Waals surface area contributed by atoms with Crippen molar-refractivity contribution in [3.8, 4) is 0 Å². The van der Waals surface area contributed by atoms with Gasteiger partial charge in [-0.15, -0.1) is 0 Å². The highest BCUT2D eigenvalue weighted by atomic mass is 16.6. The van der Waals surface area contributed by atoms with Crippen molar-refractivity contribution in [2.45, 2.75) is 155 Å². The monoisotopic (exact) mass is 426 g/mol. The molecule has 0 aromatic carbocycles. The Bertz CT molecular complexity index is 420. The van der Waals surface area contributed by atoms with Gasteiger partial charge in [-0.2, -0.15) is 0 Å². The van der Waals surface area contributed by atoms with Gasteiger partial charge in [-0.05, 0) is 65.2 Å². The second-order valence-electron chi connectivity index (χ2n) is 9.38. The van der Waals surface area contributed by atoms with Crippen LogP contribution in [0, 0.1) is 0 Å². The first kappa shape index (κ1) is 28.9. The van der Waals surface area contributed by atoms with E-state index in [1.54, 1.807) is 0 Å². The molecule has 30 heavy (non-hydrogen) atoms. The standard InChI is InChI=1S/C26H50O4/c1-7-11-21-25(5,9-3)29-23(27)19-17-15-13-14-16-18-20-24(28)30-26(6,10-4)22-12-8-2/h7-22H2,1-6H3. The van der Waals surface area contributed by atoms with Crippen LogP contribution in [-0.2, 0) is 19.1 Å². The van der Waals surface area contributed by atoms with E-state index in [-0.39, 0.29) is 23.1 Å². The summed E-state index contributed by atoms with van der Waals surface area (Å²) in [6.45, 7) is 12.6. The van der Waals surface area contributed by atoms with Crippen LogP contribution in [0.2, 0.25) is 0 Å². The van der Waals surface area contributed by atoms with Crippen LogP contribution in [0.5, 0.6) is 0 Å². The molecule has 0 aliphatic rings. The van der Waals surface area contributed by atoms with Crippen LogP contribution in [0.15, 0.2) is 0 Å². The molecule has 2 atom stereocenters. The number of unbranched alkanes of at least 4 members (excludes halogenated alkanes) is 7. The summed E-state index contributed by atoms with van der Waals surface area (Å²) < 4.78 is 11.5. The first-order valence-corrected chi connectivity index (χ1v) is 12.7. The summed E-state index contributed by atoms with van der Waals surface area (Å²) in [5, 5.41) is 0. The third-order valence-corrected chi connectivity index (χ3v) is 6.35. The van der Waals surface area contributed by atoms with Gasteiger partial charge in [0.05, 0.1) is 0 Å². The van der Waals surface area contributed by atoms with E-state index in [9.17, 15) is 9.59 Å². The van der Waals surface area contributed by atoms with Crippen LogP contribution in [0.1, 0.15) is 144 Å². The molecular formula is C26H50O4. The summed E-state index contributed by atoms with van der Waals surface area (Å²) in [6, 6.07) is 0. The molecule has 0 rings (SSSR count). The molecular weight excluding hydrogens is 376 g/mol. The van der Waals surface area contributed by atoms with E-state index in [0.717, 1.165) is 89.9 Å². The maximum absolute atomic E-state index is 12.1. The van der Waals surface area contributed by atoms with Crippen molar-refractivity contribution in [1.29, 1.82) is 0 Å². The molecule has 4 nitrogen and oxygen atoms in total. The van der Waals surface area contributed by atoms with Crippen LogP contribution in [0.4, 0.5) is 0 Å². The minimum absolute atomic E-state index is 0.0553. The van der Waals surface area contributed by atoms with Crippen molar-refractivity contribution >= 4 is 11.9 Å². The second kappa shape index (κ2) is 16.6. The van der Waals surface area contributed by atoms with Crippen LogP contribution < -0.4 is 0 Å². The highest BCUT2D eigenvalue weighted by Crippen LogP contribution is 2.25. The van der Waals surface area contributed by atoms with E-state index < -0.39 is 0 Å². The Morgan fingerprint density at radius 2 is 0.900 bits per heavy atom. The van der Waals surface area contributed by atoms with Gasteiger partial charge in [0.25, 0.3) is 0 Å². The van der Waals surface area contributed by atoms with Crippen molar-refractivity contribution in [2.75, 3.05) is 0 Å². The lowest BCUT2D eigenvalue weighted by Crippen LogP contribution is -2.31.